The number of benzene rings is 3. The van der Waals surface area contributed by atoms with Gasteiger partial charge < -0.3 is 10.1 Å². The van der Waals surface area contributed by atoms with Crippen molar-refractivity contribution in [3.8, 4) is 5.75 Å². The average Bonchev–Trinajstić information content (AvgIpc) is 3.13. The number of carbonyl (C=O) groups excluding carboxylic acids is 1. The van der Waals surface area contributed by atoms with Gasteiger partial charge >= 0.3 is 0 Å². The van der Waals surface area contributed by atoms with Gasteiger partial charge in [0.15, 0.2) is 6.10 Å². The number of hydrogen-bond donors (Lipinski definition) is 1. The number of nitrogens with zero attached hydrogens (tertiary/aromatic N) is 1. The first-order valence-corrected chi connectivity index (χ1v) is 11.3. The fraction of sp³-hybridized carbons (Fsp3) is 0.227. The van der Waals surface area contributed by atoms with Crippen LogP contribution in [0.4, 0.5) is 11.4 Å². The molecule has 29 heavy (non-hydrogen) atoms. The van der Waals surface area contributed by atoms with E-state index in [1.54, 1.807) is 24.3 Å². The van der Waals surface area contributed by atoms with Gasteiger partial charge in [0.1, 0.15) is 5.75 Å². The van der Waals surface area contributed by atoms with E-state index in [0.717, 1.165) is 24.5 Å². The molecule has 1 aliphatic heterocycles. The van der Waals surface area contributed by atoms with E-state index in [1.165, 1.54) is 20.8 Å². The first kappa shape index (κ1) is 18.0. The number of carbonyl (C=O) groups is 1. The Bertz CT molecular complexity index is 1240. The molecule has 0 bridgehead atoms. The maximum absolute atomic E-state index is 13.0. The second-order valence-corrected chi connectivity index (χ2v) is 9.38. The third-order valence-corrected chi connectivity index (χ3v) is 6.71. The minimum atomic E-state index is -3.54. The molecule has 1 aliphatic carbocycles. The zero-order valence-corrected chi connectivity index (χ0v) is 16.7. The molecule has 3 aromatic rings. The molecule has 2 aliphatic rings. The number of amides is 1. The summed E-state index contributed by atoms with van der Waals surface area (Å²) in [4.78, 5) is 13.0. The Morgan fingerprint density at radius 2 is 1.79 bits per heavy atom. The number of ether oxygens (including phenoxy) is 1. The summed E-state index contributed by atoms with van der Waals surface area (Å²) in [5, 5.41) is 5.16. The van der Waals surface area contributed by atoms with E-state index in [1.807, 2.05) is 24.3 Å². The van der Waals surface area contributed by atoms with Crippen molar-refractivity contribution in [2.24, 2.45) is 0 Å². The van der Waals surface area contributed by atoms with Crippen LogP contribution in [-0.4, -0.2) is 33.2 Å². The van der Waals surface area contributed by atoms with Crippen LogP contribution in [0.15, 0.2) is 54.6 Å². The summed E-state index contributed by atoms with van der Waals surface area (Å²) < 4.78 is 31.6. The summed E-state index contributed by atoms with van der Waals surface area (Å²) in [5.41, 5.74) is 3.75. The summed E-state index contributed by atoms with van der Waals surface area (Å²) in [7, 11) is -3.54. The molecule has 0 saturated carbocycles. The van der Waals surface area contributed by atoms with E-state index in [4.69, 9.17) is 4.74 Å². The molecule has 0 spiro atoms. The fourth-order valence-corrected chi connectivity index (χ4v) is 5.14. The molecule has 0 saturated heterocycles. The first-order valence-electron chi connectivity index (χ1n) is 9.49. The fourth-order valence-electron chi connectivity index (χ4n) is 4.22. The third kappa shape index (κ3) is 3.02. The summed E-state index contributed by atoms with van der Waals surface area (Å²) in [6, 6.07) is 16.9. The number of hydrogen-bond acceptors (Lipinski definition) is 4. The van der Waals surface area contributed by atoms with Gasteiger partial charge in [-0.25, -0.2) is 8.42 Å². The molecule has 1 amide bonds. The van der Waals surface area contributed by atoms with Gasteiger partial charge in [0.05, 0.1) is 18.5 Å². The van der Waals surface area contributed by atoms with Gasteiger partial charge in [-0.2, -0.15) is 0 Å². The van der Waals surface area contributed by atoms with Crippen LogP contribution in [0.2, 0.25) is 0 Å². The summed E-state index contributed by atoms with van der Waals surface area (Å²) in [6.45, 7) is -0.0665. The van der Waals surface area contributed by atoms with Crippen LogP contribution in [0.3, 0.4) is 0 Å². The normalized spacial score (nSPS) is 17.7. The maximum Gasteiger partial charge on any atom is 0.267 e. The van der Waals surface area contributed by atoms with Crippen molar-refractivity contribution in [3.63, 3.8) is 0 Å². The van der Waals surface area contributed by atoms with Crippen molar-refractivity contribution in [3.05, 3.63) is 65.7 Å². The lowest BCUT2D eigenvalue weighted by Gasteiger charge is -2.33. The Morgan fingerprint density at radius 1 is 1.03 bits per heavy atom. The maximum atomic E-state index is 13.0. The highest BCUT2D eigenvalue weighted by atomic mass is 32.2. The van der Waals surface area contributed by atoms with Gasteiger partial charge in [-0.05, 0) is 47.6 Å². The lowest BCUT2D eigenvalue weighted by molar-refractivity contribution is -0.122. The van der Waals surface area contributed by atoms with Gasteiger partial charge in [0.25, 0.3) is 5.91 Å². The van der Waals surface area contributed by atoms with Crippen molar-refractivity contribution < 1.29 is 17.9 Å². The van der Waals surface area contributed by atoms with Crippen LogP contribution in [0.5, 0.6) is 5.75 Å². The molecule has 3 aromatic carbocycles. The lowest BCUT2D eigenvalue weighted by atomic mass is 10.0. The molecule has 0 unspecified atom stereocenters. The second kappa shape index (κ2) is 6.49. The topological polar surface area (TPSA) is 75.7 Å². The highest BCUT2D eigenvalue weighted by molar-refractivity contribution is 7.92. The Balaban J connectivity index is 1.48. The van der Waals surface area contributed by atoms with E-state index in [9.17, 15) is 13.2 Å². The van der Waals surface area contributed by atoms with Gasteiger partial charge in [-0.15, -0.1) is 0 Å². The lowest BCUT2D eigenvalue weighted by Crippen LogP contribution is -2.48. The van der Waals surface area contributed by atoms with Crippen LogP contribution in [-0.2, 0) is 27.7 Å². The van der Waals surface area contributed by atoms with Crippen LogP contribution in [0, 0.1) is 0 Å². The highest BCUT2D eigenvalue weighted by Crippen LogP contribution is 2.37. The molecule has 148 valence electrons. The van der Waals surface area contributed by atoms with E-state index in [0.29, 0.717) is 17.1 Å². The zero-order chi connectivity index (χ0) is 20.2. The number of sulfonamides is 1. The van der Waals surface area contributed by atoms with Crippen LogP contribution in [0.1, 0.15) is 11.1 Å². The molecule has 6 nitrogen and oxygen atoms in total. The summed E-state index contributed by atoms with van der Waals surface area (Å²) in [6.07, 6.45) is 2.21. The number of aryl methyl sites for hydroxylation is 2. The number of nitrogens with one attached hydrogen (secondary N) is 1. The highest BCUT2D eigenvalue weighted by Gasteiger charge is 2.35. The van der Waals surface area contributed by atoms with Crippen molar-refractivity contribution in [1.82, 2.24) is 0 Å². The van der Waals surface area contributed by atoms with Crippen LogP contribution in [0.25, 0.3) is 10.8 Å². The standard InChI is InChI=1S/C22H20N2O4S/c1-29(26,27)24-13-20(28-19-8-3-2-7-18(19)24)22(25)23-17-12-11-15-10-9-14-5-4-6-16(17)21(14)15/h2-8,11-12,20H,9-10,13H2,1H3,(H,23,25)/t20-/m0/s1. The SMILES string of the molecule is CS(=O)(=O)N1C[C@@H](C(=O)Nc2ccc3c4c(cccc24)CC3)Oc2ccccc21. The smallest absolute Gasteiger partial charge is 0.267 e. The van der Waals surface area contributed by atoms with Crippen molar-refractivity contribution in [2.75, 3.05) is 22.4 Å². The van der Waals surface area contributed by atoms with Crippen LogP contribution < -0.4 is 14.4 Å². The summed E-state index contributed by atoms with van der Waals surface area (Å²) >= 11 is 0. The summed E-state index contributed by atoms with van der Waals surface area (Å²) in [5.74, 6) is 0.0107. The van der Waals surface area contributed by atoms with Crippen molar-refractivity contribution in [2.45, 2.75) is 18.9 Å². The van der Waals surface area contributed by atoms with Crippen molar-refractivity contribution in [1.29, 1.82) is 0 Å². The number of para-hydroxylation sites is 2. The van der Waals surface area contributed by atoms with Gasteiger partial charge in [-0.1, -0.05) is 36.4 Å². The third-order valence-electron chi connectivity index (χ3n) is 5.56. The van der Waals surface area contributed by atoms with E-state index in [2.05, 4.69) is 11.4 Å². The zero-order valence-electron chi connectivity index (χ0n) is 15.9. The Labute approximate surface area is 169 Å². The number of anilines is 2. The Hall–Kier alpha value is -3.06. The Morgan fingerprint density at radius 3 is 2.59 bits per heavy atom. The van der Waals surface area contributed by atoms with E-state index in [-0.39, 0.29) is 12.5 Å². The van der Waals surface area contributed by atoms with Crippen LogP contribution >= 0.6 is 0 Å². The van der Waals surface area contributed by atoms with E-state index < -0.39 is 16.1 Å². The molecule has 7 heteroatoms. The number of fused-ring (bicyclic) bond motifs is 1. The molecule has 0 fully saturated rings. The molecule has 5 rings (SSSR count). The Kier molecular flexibility index (Phi) is 4.03. The average molecular weight is 408 g/mol. The number of rotatable bonds is 3. The largest absolute Gasteiger partial charge is 0.476 e. The van der Waals surface area contributed by atoms with Crippen molar-refractivity contribution >= 4 is 38.1 Å². The quantitative estimate of drug-likeness (QED) is 0.723. The molecular formula is C22H20N2O4S. The van der Waals surface area contributed by atoms with Gasteiger partial charge in [0.2, 0.25) is 10.0 Å². The molecule has 0 radical (unpaired) electrons. The minimum Gasteiger partial charge on any atom is -0.476 e. The molecule has 0 aromatic heterocycles. The monoisotopic (exact) mass is 408 g/mol. The molecular weight excluding hydrogens is 388 g/mol. The molecule has 1 N–H and O–H groups in total. The molecule has 1 heterocycles. The predicted octanol–water partition coefficient (Wildman–Crippen LogP) is 3.10. The first-order chi connectivity index (χ1) is 13.9. The second-order valence-electron chi connectivity index (χ2n) is 7.47. The van der Waals surface area contributed by atoms with E-state index >= 15 is 0 Å². The predicted molar refractivity (Wildman–Crippen MR) is 113 cm³/mol. The van der Waals surface area contributed by atoms with Gasteiger partial charge in [0, 0.05) is 11.1 Å². The molecule has 1 atom stereocenters. The minimum absolute atomic E-state index is 0.0665. The van der Waals surface area contributed by atoms with Gasteiger partial charge in [-0.3, -0.25) is 9.10 Å².